The van der Waals surface area contributed by atoms with Crippen molar-refractivity contribution in [3.8, 4) is 0 Å². The van der Waals surface area contributed by atoms with Crippen LogP contribution in [0.25, 0.3) is 0 Å². The van der Waals surface area contributed by atoms with E-state index in [-0.39, 0.29) is 41.3 Å². The largest absolute Gasteiger partial charge is 0.375 e. The zero-order valence-corrected chi connectivity index (χ0v) is 20.4. The standard InChI is InChI=1S/C23H30FN5O.HI/c1-17-15-29(11-12-30-17)21-8-7-18(13-26-21)14-27-22(25-2)28-16-23(9-10-23)19-5-3-4-6-20(19)24;/h3-8,13,17H,9-12,14-16H2,1-2H3,(H2,25,27,28);1H. The molecule has 0 bridgehead atoms. The van der Waals surface area contributed by atoms with Gasteiger partial charge < -0.3 is 20.3 Å². The third-order valence-electron chi connectivity index (χ3n) is 5.95. The molecule has 1 saturated heterocycles. The molecule has 6 nitrogen and oxygen atoms in total. The van der Waals surface area contributed by atoms with E-state index in [0.29, 0.717) is 19.0 Å². The summed E-state index contributed by atoms with van der Waals surface area (Å²) in [7, 11) is 1.75. The number of rotatable bonds is 6. The molecule has 4 rings (SSSR count). The molecule has 2 fully saturated rings. The Bertz CT molecular complexity index is 888. The van der Waals surface area contributed by atoms with Crippen LogP contribution in [0.3, 0.4) is 0 Å². The van der Waals surface area contributed by atoms with Gasteiger partial charge >= 0.3 is 0 Å². The van der Waals surface area contributed by atoms with Gasteiger partial charge in [-0.3, -0.25) is 4.99 Å². The normalized spacial score (nSPS) is 20.0. The van der Waals surface area contributed by atoms with Gasteiger partial charge in [-0.05, 0) is 43.0 Å². The molecule has 168 valence electrons. The van der Waals surface area contributed by atoms with Crippen molar-refractivity contribution in [1.82, 2.24) is 15.6 Å². The maximum Gasteiger partial charge on any atom is 0.191 e. The van der Waals surface area contributed by atoms with E-state index < -0.39 is 0 Å². The Kier molecular flexibility index (Phi) is 8.10. The van der Waals surface area contributed by atoms with E-state index in [2.05, 4.69) is 44.6 Å². The first kappa shape index (κ1) is 23.7. The Morgan fingerprint density at radius 3 is 2.71 bits per heavy atom. The smallest absolute Gasteiger partial charge is 0.191 e. The van der Waals surface area contributed by atoms with Gasteiger partial charge in [0.15, 0.2) is 5.96 Å². The molecular formula is C23H31FIN5O. The van der Waals surface area contributed by atoms with Gasteiger partial charge in [-0.25, -0.2) is 9.37 Å². The molecule has 2 N–H and O–H groups in total. The highest BCUT2D eigenvalue weighted by molar-refractivity contribution is 14.0. The number of guanidine groups is 1. The van der Waals surface area contributed by atoms with E-state index in [4.69, 9.17) is 4.74 Å². The Labute approximate surface area is 200 Å². The molecule has 8 heteroatoms. The molecule has 2 aliphatic rings. The van der Waals surface area contributed by atoms with Crippen LogP contribution in [0.15, 0.2) is 47.6 Å². The van der Waals surface area contributed by atoms with Gasteiger partial charge in [0, 0.05) is 44.8 Å². The lowest BCUT2D eigenvalue weighted by atomic mass is 9.95. The minimum absolute atomic E-state index is 0. The summed E-state index contributed by atoms with van der Waals surface area (Å²) in [5.74, 6) is 1.57. The molecule has 0 spiro atoms. The molecule has 31 heavy (non-hydrogen) atoms. The summed E-state index contributed by atoms with van der Waals surface area (Å²) in [6.07, 6.45) is 4.11. The van der Waals surface area contributed by atoms with Gasteiger partial charge in [0.05, 0.1) is 12.7 Å². The highest BCUT2D eigenvalue weighted by Crippen LogP contribution is 2.48. The lowest BCUT2D eigenvalue weighted by Crippen LogP contribution is -2.41. The fraction of sp³-hybridized carbons (Fsp3) is 0.478. The van der Waals surface area contributed by atoms with Crippen LogP contribution >= 0.6 is 24.0 Å². The van der Waals surface area contributed by atoms with Crippen LogP contribution < -0.4 is 15.5 Å². The zero-order valence-electron chi connectivity index (χ0n) is 18.1. The number of nitrogens with one attached hydrogen (secondary N) is 2. The predicted molar refractivity (Wildman–Crippen MR) is 133 cm³/mol. The van der Waals surface area contributed by atoms with Crippen LogP contribution in [0.1, 0.15) is 30.9 Å². The van der Waals surface area contributed by atoms with Crippen molar-refractivity contribution in [2.75, 3.05) is 38.2 Å². The van der Waals surface area contributed by atoms with Crippen molar-refractivity contribution >= 4 is 35.8 Å². The molecular weight excluding hydrogens is 508 g/mol. The van der Waals surface area contributed by atoms with Gasteiger partial charge in [0.2, 0.25) is 0 Å². The monoisotopic (exact) mass is 539 g/mol. The minimum atomic E-state index is -0.124. The average Bonchev–Trinajstić information content (AvgIpc) is 3.55. The van der Waals surface area contributed by atoms with Crippen LogP contribution in [0.4, 0.5) is 10.2 Å². The molecule has 1 aliphatic heterocycles. The second kappa shape index (κ2) is 10.6. The first-order chi connectivity index (χ1) is 14.6. The lowest BCUT2D eigenvalue weighted by molar-refractivity contribution is 0.0529. The number of aliphatic imine (C=N–C) groups is 1. The summed E-state index contributed by atoms with van der Waals surface area (Å²) in [5.41, 5.74) is 1.75. The highest BCUT2D eigenvalue weighted by atomic mass is 127. The van der Waals surface area contributed by atoms with Gasteiger partial charge in [-0.15, -0.1) is 24.0 Å². The van der Waals surface area contributed by atoms with Gasteiger partial charge in [0.25, 0.3) is 0 Å². The van der Waals surface area contributed by atoms with Crippen LogP contribution in [-0.4, -0.2) is 50.3 Å². The van der Waals surface area contributed by atoms with Crippen molar-refractivity contribution in [2.45, 2.75) is 37.8 Å². The van der Waals surface area contributed by atoms with E-state index in [1.54, 1.807) is 13.1 Å². The number of morpholine rings is 1. The van der Waals surface area contributed by atoms with E-state index in [1.165, 1.54) is 6.07 Å². The molecule has 1 aromatic heterocycles. The van der Waals surface area contributed by atoms with E-state index in [0.717, 1.165) is 49.5 Å². The fourth-order valence-electron chi connectivity index (χ4n) is 3.98. The molecule has 1 unspecified atom stereocenters. The predicted octanol–water partition coefficient (Wildman–Crippen LogP) is 3.46. The Morgan fingerprint density at radius 2 is 2.06 bits per heavy atom. The maximum absolute atomic E-state index is 14.2. The Morgan fingerprint density at radius 1 is 1.26 bits per heavy atom. The average molecular weight is 539 g/mol. The first-order valence-electron chi connectivity index (χ1n) is 10.6. The van der Waals surface area contributed by atoms with Gasteiger partial charge in [-0.2, -0.15) is 0 Å². The van der Waals surface area contributed by atoms with E-state index in [1.807, 2.05) is 18.3 Å². The summed E-state index contributed by atoms with van der Waals surface area (Å²) in [5, 5.41) is 6.70. The molecule has 2 heterocycles. The minimum Gasteiger partial charge on any atom is -0.375 e. The number of ether oxygens (including phenoxy) is 1. The number of anilines is 1. The van der Waals surface area contributed by atoms with Crippen LogP contribution in [-0.2, 0) is 16.7 Å². The molecule has 2 aromatic rings. The number of hydrogen-bond donors (Lipinski definition) is 2. The van der Waals surface area contributed by atoms with Crippen LogP contribution in [0, 0.1) is 5.82 Å². The van der Waals surface area contributed by atoms with E-state index in [9.17, 15) is 4.39 Å². The molecule has 0 amide bonds. The summed E-state index contributed by atoms with van der Waals surface area (Å²) < 4.78 is 19.8. The quantitative estimate of drug-likeness (QED) is 0.335. The topological polar surface area (TPSA) is 61.8 Å². The van der Waals surface area contributed by atoms with Crippen molar-refractivity contribution in [2.24, 2.45) is 4.99 Å². The molecule has 1 aliphatic carbocycles. The van der Waals surface area contributed by atoms with Crippen molar-refractivity contribution in [3.63, 3.8) is 0 Å². The fourth-order valence-corrected chi connectivity index (χ4v) is 3.98. The molecule has 1 aromatic carbocycles. The first-order valence-corrected chi connectivity index (χ1v) is 10.6. The Hall–Kier alpha value is -1.94. The van der Waals surface area contributed by atoms with Gasteiger partial charge in [-0.1, -0.05) is 24.3 Å². The van der Waals surface area contributed by atoms with Crippen molar-refractivity contribution < 1.29 is 9.13 Å². The van der Waals surface area contributed by atoms with Gasteiger partial charge in [0.1, 0.15) is 11.6 Å². The number of hydrogen-bond acceptors (Lipinski definition) is 4. The third-order valence-corrected chi connectivity index (χ3v) is 5.95. The van der Waals surface area contributed by atoms with E-state index >= 15 is 0 Å². The van der Waals surface area contributed by atoms with Crippen LogP contribution in [0.2, 0.25) is 0 Å². The zero-order chi connectivity index (χ0) is 21.0. The lowest BCUT2D eigenvalue weighted by Gasteiger charge is -2.32. The second-order valence-electron chi connectivity index (χ2n) is 8.19. The second-order valence-corrected chi connectivity index (χ2v) is 8.19. The summed E-state index contributed by atoms with van der Waals surface area (Å²) in [6, 6.07) is 11.2. The van der Waals surface area contributed by atoms with Crippen molar-refractivity contribution in [1.29, 1.82) is 0 Å². The molecule has 0 radical (unpaired) electrons. The third kappa shape index (κ3) is 5.85. The summed E-state index contributed by atoms with van der Waals surface area (Å²) >= 11 is 0. The number of aromatic nitrogens is 1. The maximum atomic E-state index is 14.2. The van der Waals surface area contributed by atoms with Crippen molar-refractivity contribution in [3.05, 3.63) is 59.5 Å². The number of benzene rings is 1. The summed E-state index contributed by atoms with van der Waals surface area (Å²) in [4.78, 5) is 11.2. The highest BCUT2D eigenvalue weighted by Gasteiger charge is 2.45. The molecule has 1 saturated carbocycles. The number of nitrogens with zero attached hydrogens (tertiary/aromatic N) is 3. The van der Waals surface area contributed by atoms with Crippen LogP contribution in [0.5, 0.6) is 0 Å². The molecule has 1 atom stereocenters. The Balaban J connectivity index is 0.00000272. The SMILES string of the molecule is CN=C(NCc1ccc(N2CCOC(C)C2)nc1)NCC1(c2ccccc2F)CC1.I. The summed E-state index contributed by atoms with van der Waals surface area (Å²) in [6.45, 7) is 5.85. The number of pyridine rings is 1. The number of halogens is 2.